The number of hydrogen-bond donors (Lipinski definition) is 3. The first-order valence-electron chi connectivity index (χ1n) is 4.91. The van der Waals surface area contributed by atoms with Crippen LogP contribution < -0.4 is 16.7 Å². The van der Waals surface area contributed by atoms with Crippen molar-refractivity contribution in [1.82, 2.24) is 10.9 Å². The molecule has 0 rings (SSSR count). The zero-order chi connectivity index (χ0) is 11.7. The zero-order valence-corrected chi connectivity index (χ0v) is 9.12. The Kier molecular flexibility index (Phi) is 7.17. The van der Waals surface area contributed by atoms with Crippen LogP contribution in [0.15, 0.2) is 5.10 Å². The Morgan fingerprint density at radius 1 is 1.40 bits per heavy atom. The van der Waals surface area contributed by atoms with E-state index in [1.165, 1.54) is 0 Å². The number of hydrogen-bond acceptors (Lipinski definition) is 4. The van der Waals surface area contributed by atoms with E-state index in [9.17, 15) is 9.59 Å². The summed E-state index contributed by atoms with van der Waals surface area (Å²) in [4.78, 5) is 21.8. The van der Waals surface area contributed by atoms with E-state index in [0.29, 0.717) is 5.92 Å². The molecule has 0 saturated carbocycles. The van der Waals surface area contributed by atoms with E-state index in [1.807, 2.05) is 19.3 Å². The van der Waals surface area contributed by atoms with E-state index in [4.69, 9.17) is 5.84 Å². The van der Waals surface area contributed by atoms with Gasteiger partial charge < -0.3 is 0 Å². The summed E-state index contributed by atoms with van der Waals surface area (Å²) in [6.45, 7) is 4.03. The molecule has 0 unspecified atom stereocenters. The standard InChI is InChI=1S/C9H18N4O2/c1-3-7(2)6-11-13-9(15)5-4-8(14)12-10/h6-7H,3-5,10H2,1-2H3,(H,12,14)(H,13,15)/b11-6-/t7-/m0/s1. The number of carbonyl (C=O) groups excluding carboxylic acids is 2. The third-order valence-corrected chi connectivity index (χ3v) is 1.90. The molecule has 1 atom stereocenters. The second kappa shape index (κ2) is 7.93. The Morgan fingerprint density at radius 3 is 2.53 bits per heavy atom. The summed E-state index contributed by atoms with van der Waals surface area (Å²) < 4.78 is 0. The summed E-state index contributed by atoms with van der Waals surface area (Å²) >= 11 is 0. The average molecular weight is 214 g/mol. The van der Waals surface area contributed by atoms with Crippen molar-refractivity contribution >= 4 is 18.0 Å². The van der Waals surface area contributed by atoms with E-state index in [-0.39, 0.29) is 24.7 Å². The topological polar surface area (TPSA) is 96.6 Å². The molecule has 0 bridgehead atoms. The van der Waals surface area contributed by atoms with Gasteiger partial charge in [0.15, 0.2) is 0 Å². The zero-order valence-electron chi connectivity index (χ0n) is 9.12. The van der Waals surface area contributed by atoms with Crippen molar-refractivity contribution in [3.8, 4) is 0 Å². The van der Waals surface area contributed by atoms with Crippen LogP contribution in [0.25, 0.3) is 0 Å². The summed E-state index contributed by atoms with van der Waals surface area (Å²) in [5, 5.41) is 3.76. The lowest BCUT2D eigenvalue weighted by Crippen LogP contribution is -2.31. The van der Waals surface area contributed by atoms with Crippen molar-refractivity contribution in [3.63, 3.8) is 0 Å². The summed E-state index contributed by atoms with van der Waals surface area (Å²) in [7, 11) is 0. The first kappa shape index (κ1) is 13.6. The number of hydrazine groups is 1. The van der Waals surface area contributed by atoms with Crippen LogP contribution >= 0.6 is 0 Å². The molecular weight excluding hydrogens is 196 g/mol. The minimum Gasteiger partial charge on any atom is -0.294 e. The number of nitrogens with one attached hydrogen (secondary N) is 2. The van der Waals surface area contributed by atoms with Gasteiger partial charge in [0.1, 0.15) is 0 Å². The third kappa shape index (κ3) is 7.63. The van der Waals surface area contributed by atoms with Crippen LogP contribution in [0, 0.1) is 5.92 Å². The van der Waals surface area contributed by atoms with E-state index < -0.39 is 0 Å². The minimum absolute atomic E-state index is 0.0706. The lowest BCUT2D eigenvalue weighted by Gasteiger charge is -2.01. The van der Waals surface area contributed by atoms with Crippen LogP contribution in [0.1, 0.15) is 33.1 Å². The second-order valence-electron chi connectivity index (χ2n) is 3.27. The number of rotatable bonds is 6. The fourth-order valence-electron chi connectivity index (χ4n) is 0.697. The van der Waals surface area contributed by atoms with Gasteiger partial charge in [-0.2, -0.15) is 5.10 Å². The van der Waals surface area contributed by atoms with Crippen molar-refractivity contribution in [1.29, 1.82) is 0 Å². The maximum Gasteiger partial charge on any atom is 0.240 e. The van der Waals surface area contributed by atoms with Gasteiger partial charge in [-0.05, 0) is 12.3 Å². The quantitative estimate of drug-likeness (QED) is 0.249. The van der Waals surface area contributed by atoms with Gasteiger partial charge in [-0.1, -0.05) is 13.8 Å². The van der Waals surface area contributed by atoms with Crippen molar-refractivity contribution < 1.29 is 9.59 Å². The van der Waals surface area contributed by atoms with Crippen LogP contribution in [0.4, 0.5) is 0 Å². The second-order valence-corrected chi connectivity index (χ2v) is 3.27. The highest BCUT2D eigenvalue weighted by atomic mass is 16.2. The Labute approximate surface area is 89.3 Å². The molecule has 0 heterocycles. The molecule has 0 aliphatic heterocycles. The molecule has 0 aromatic carbocycles. The number of nitrogens with two attached hydrogens (primary N) is 1. The van der Waals surface area contributed by atoms with Crippen molar-refractivity contribution in [2.45, 2.75) is 33.1 Å². The van der Waals surface area contributed by atoms with Gasteiger partial charge in [-0.25, -0.2) is 11.3 Å². The largest absolute Gasteiger partial charge is 0.294 e. The normalized spacial score (nSPS) is 12.5. The number of carbonyl (C=O) groups is 2. The maximum absolute atomic E-state index is 11.1. The van der Waals surface area contributed by atoms with Crippen LogP contribution in [0.5, 0.6) is 0 Å². The molecule has 0 aromatic heterocycles. The van der Waals surface area contributed by atoms with E-state index in [0.717, 1.165) is 6.42 Å². The fraction of sp³-hybridized carbons (Fsp3) is 0.667. The molecule has 0 saturated heterocycles. The van der Waals surface area contributed by atoms with Crippen molar-refractivity contribution in [3.05, 3.63) is 0 Å². The van der Waals surface area contributed by atoms with Gasteiger partial charge in [0.25, 0.3) is 0 Å². The van der Waals surface area contributed by atoms with Gasteiger partial charge in [-0.15, -0.1) is 0 Å². The van der Waals surface area contributed by atoms with E-state index >= 15 is 0 Å². The molecule has 0 aromatic rings. The SMILES string of the molecule is CC[C@H](C)/C=N\NC(=O)CCC(=O)NN. The molecule has 0 aliphatic carbocycles. The van der Waals surface area contributed by atoms with Gasteiger partial charge in [-0.3, -0.25) is 15.0 Å². The van der Waals surface area contributed by atoms with Crippen LogP contribution in [0.2, 0.25) is 0 Å². The predicted octanol–water partition coefficient (Wildman–Crippen LogP) is -0.0954. The molecule has 0 aliphatic rings. The Bertz CT molecular complexity index is 240. The molecule has 2 amide bonds. The third-order valence-electron chi connectivity index (χ3n) is 1.90. The first-order valence-corrected chi connectivity index (χ1v) is 4.91. The molecule has 0 radical (unpaired) electrons. The highest BCUT2D eigenvalue weighted by Gasteiger charge is 2.04. The van der Waals surface area contributed by atoms with Crippen LogP contribution in [0.3, 0.4) is 0 Å². The van der Waals surface area contributed by atoms with Gasteiger partial charge in [0.05, 0.1) is 0 Å². The van der Waals surface area contributed by atoms with Crippen molar-refractivity contribution in [2.75, 3.05) is 0 Å². The first-order chi connectivity index (χ1) is 7.10. The summed E-state index contributed by atoms with van der Waals surface area (Å²) in [5.74, 6) is 4.53. The predicted molar refractivity (Wildman–Crippen MR) is 57.7 cm³/mol. The number of hydrazone groups is 1. The molecule has 0 fully saturated rings. The lowest BCUT2D eigenvalue weighted by molar-refractivity contribution is -0.126. The average Bonchev–Trinajstić information content (AvgIpc) is 2.25. The van der Waals surface area contributed by atoms with Gasteiger partial charge >= 0.3 is 0 Å². The lowest BCUT2D eigenvalue weighted by atomic mass is 10.1. The molecule has 86 valence electrons. The smallest absolute Gasteiger partial charge is 0.240 e. The summed E-state index contributed by atoms with van der Waals surface area (Å²) in [6.07, 6.45) is 2.79. The van der Waals surface area contributed by atoms with Gasteiger partial charge in [0, 0.05) is 19.1 Å². The number of nitrogens with zero attached hydrogens (tertiary/aromatic N) is 1. The Hall–Kier alpha value is -1.43. The molecule has 6 heteroatoms. The van der Waals surface area contributed by atoms with Crippen molar-refractivity contribution in [2.24, 2.45) is 16.9 Å². The summed E-state index contributed by atoms with van der Waals surface area (Å²) in [6, 6.07) is 0. The Balaban J connectivity index is 3.66. The minimum atomic E-state index is -0.365. The summed E-state index contributed by atoms with van der Waals surface area (Å²) in [5.41, 5.74) is 4.28. The monoisotopic (exact) mass is 214 g/mol. The molecule has 4 N–H and O–H groups in total. The molecular formula is C9H18N4O2. The molecule has 6 nitrogen and oxygen atoms in total. The molecule has 0 spiro atoms. The molecule has 15 heavy (non-hydrogen) atoms. The maximum atomic E-state index is 11.1. The van der Waals surface area contributed by atoms with E-state index in [2.05, 4.69) is 10.5 Å². The number of amides is 2. The van der Waals surface area contributed by atoms with Crippen LogP contribution in [-0.4, -0.2) is 18.0 Å². The Morgan fingerprint density at radius 2 is 2.00 bits per heavy atom. The highest BCUT2D eigenvalue weighted by Crippen LogP contribution is 1.94. The van der Waals surface area contributed by atoms with Gasteiger partial charge in [0.2, 0.25) is 11.8 Å². The fourth-order valence-corrected chi connectivity index (χ4v) is 0.697. The van der Waals surface area contributed by atoms with E-state index in [1.54, 1.807) is 6.21 Å². The highest BCUT2D eigenvalue weighted by molar-refractivity contribution is 5.83. The van der Waals surface area contributed by atoms with Crippen LogP contribution in [-0.2, 0) is 9.59 Å².